The van der Waals surface area contributed by atoms with Gasteiger partial charge in [0, 0.05) is 5.02 Å². The van der Waals surface area contributed by atoms with E-state index in [0.29, 0.717) is 5.92 Å². The van der Waals surface area contributed by atoms with Crippen LogP contribution in [-0.4, -0.2) is 0 Å². The van der Waals surface area contributed by atoms with Gasteiger partial charge in [0.25, 0.3) is 0 Å². The zero-order valence-electron chi connectivity index (χ0n) is 9.19. The fourth-order valence-corrected chi connectivity index (χ4v) is 1.44. The molecule has 0 amide bonds. The van der Waals surface area contributed by atoms with Crippen molar-refractivity contribution in [2.24, 2.45) is 0 Å². The van der Waals surface area contributed by atoms with Crippen LogP contribution in [0, 0.1) is 6.92 Å². The molecule has 1 rings (SSSR count). The zero-order chi connectivity index (χ0) is 10.4. The van der Waals surface area contributed by atoms with E-state index >= 15 is 0 Å². The molecule has 0 aliphatic carbocycles. The van der Waals surface area contributed by atoms with Crippen LogP contribution >= 0.6 is 11.6 Å². The van der Waals surface area contributed by atoms with Crippen LogP contribution in [-0.2, 0) is 0 Å². The SMILES string of the molecule is CC.Cc1ccc(Cl)c(C(C)C)c1. The van der Waals surface area contributed by atoms with E-state index in [1.165, 1.54) is 11.1 Å². The molecule has 0 unspecified atom stereocenters. The fraction of sp³-hybridized carbons (Fsp3) is 0.500. The number of hydrogen-bond acceptors (Lipinski definition) is 0. The quantitative estimate of drug-likeness (QED) is 0.608. The lowest BCUT2D eigenvalue weighted by molar-refractivity contribution is 0.865. The van der Waals surface area contributed by atoms with Crippen molar-refractivity contribution in [2.75, 3.05) is 0 Å². The van der Waals surface area contributed by atoms with Crippen molar-refractivity contribution in [3.63, 3.8) is 0 Å². The standard InChI is InChI=1S/C10H13Cl.C2H6/c1-7(2)9-6-8(3)4-5-10(9)11;1-2/h4-7H,1-3H3;1-2H3. The lowest BCUT2D eigenvalue weighted by Crippen LogP contribution is -1.89. The summed E-state index contributed by atoms with van der Waals surface area (Å²) < 4.78 is 0. The first-order valence-corrected chi connectivity index (χ1v) is 5.25. The Morgan fingerprint density at radius 3 is 2.08 bits per heavy atom. The summed E-state index contributed by atoms with van der Waals surface area (Å²) >= 11 is 5.99. The van der Waals surface area contributed by atoms with Crippen LogP contribution in [0.2, 0.25) is 5.02 Å². The molecule has 0 N–H and O–H groups in total. The second kappa shape index (κ2) is 6.04. The second-order valence-corrected chi connectivity index (χ2v) is 3.59. The minimum Gasteiger partial charge on any atom is -0.0840 e. The third-order valence-corrected chi connectivity index (χ3v) is 2.12. The predicted molar refractivity (Wildman–Crippen MR) is 61.6 cm³/mol. The van der Waals surface area contributed by atoms with Gasteiger partial charge in [0.1, 0.15) is 0 Å². The van der Waals surface area contributed by atoms with Gasteiger partial charge >= 0.3 is 0 Å². The van der Waals surface area contributed by atoms with Crippen LogP contribution < -0.4 is 0 Å². The van der Waals surface area contributed by atoms with Crippen molar-refractivity contribution in [3.05, 3.63) is 34.3 Å². The van der Waals surface area contributed by atoms with Crippen molar-refractivity contribution < 1.29 is 0 Å². The van der Waals surface area contributed by atoms with Gasteiger partial charge in [-0.1, -0.05) is 57.0 Å². The summed E-state index contributed by atoms with van der Waals surface area (Å²) in [6, 6.07) is 6.15. The third kappa shape index (κ3) is 3.82. The molecule has 74 valence electrons. The molecule has 1 heteroatoms. The number of benzene rings is 1. The molecule has 13 heavy (non-hydrogen) atoms. The Balaban J connectivity index is 0.000000671. The summed E-state index contributed by atoms with van der Waals surface area (Å²) in [5.74, 6) is 0.516. The highest BCUT2D eigenvalue weighted by molar-refractivity contribution is 6.31. The molecule has 1 aromatic rings. The van der Waals surface area contributed by atoms with Crippen molar-refractivity contribution >= 4 is 11.6 Å². The predicted octanol–water partition coefficient (Wildman–Crippen LogP) is 4.80. The van der Waals surface area contributed by atoms with Crippen LogP contribution in [0.5, 0.6) is 0 Å². The lowest BCUT2D eigenvalue weighted by Gasteiger charge is -2.08. The minimum atomic E-state index is 0.516. The highest BCUT2D eigenvalue weighted by Gasteiger charge is 2.03. The van der Waals surface area contributed by atoms with Crippen LogP contribution in [0.25, 0.3) is 0 Å². The van der Waals surface area contributed by atoms with E-state index < -0.39 is 0 Å². The molecule has 0 bridgehead atoms. The number of rotatable bonds is 1. The maximum atomic E-state index is 5.99. The molecule has 0 heterocycles. The summed E-state index contributed by atoms with van der Waals surface area (Å²) in [6.07, 6.45) is 0. The molecule has 0 radical (unpaired) electrons. The second-order valence-electron chi connectivity index (χ2n) is 3.18. The average Bonchev–Trinajstić information content (AvgIpc) is 2.12. The summed E-state index contributed by atoms with van der Waals surface area (Å²) in [5.41, 5.74) is 2.52. The van der Waals surface area contributed by atoms with Crippen molar-refractivity contribution in [1.29, 1.82) is 0 Å². The van der Waals surface area contributed by atoms with Crippen LogP contribution in [0.4, 0.5) is 0 Å². The topological polar surface area (TPSA) is 0 Å². The van der Waals surface area contributed by atoms with Gasteiger partial charge in [-0.25, -0.2) is 0 Å². The van der Waals surface area contributed by atoms with E-state index in [-0.39, 0.29) is 0 Å². The summed E-state index contributed by atoms with van der Waals surface area (Å²) in [7, 11) is 0. The first kappa shape index (κ1) is 12.5. The van der Waals surface area contributed by atoms with Crippen LogP contribution in [0.15, 0.2) is 18.2 Å². The Labute approximate surface area is 86.9 Å². The van der Waals surface area contributed by atoms with Crippen LogP contribution in [0.3, 0.4) is 0 Å². The Hall–Kier alpha value is -0.490. The van der Waals surface area contributed by atoms with E-state index in [1.807, 2.05) is 26.0 Å². The molecule has 0 saturated carbocycles. The zero-order valence-corrected chi connectivity index (χ0v) is 9.94. The highest BCUT2D eigenvalue weighted by atomic mass is 35.5. The van der Waals surface area contributed by atoms with Gasteiger partial charge in [-0.15, -0.1) is 0 Å². The fourth-order valence-electron chi connectivity index (χ4n) is 1.11. The number of hydrogen-bond donors (Lipinski definition) is 0. The van der Waals surface area contributed by atoms with Gasteiger partial charge < -0.3 is 0 Å². The maximum absolute atomic E-state index is 5.99. The molecule has 0 aliphatic heterocycles. The van der Waals surface area contributed by atoms with Gasteiger partial charge in [-0.05, 0) is 24.5 Å². The third-order valence-electron chi connectivity index (χ3n) is 1.77. The highest BCUT2D eigenvalue weighted by Crippen LogP contribution is 2.24. The number of halogens is 1. The van der Waals surface area contributed by atoms with Gasteiger partial charge in [0.2, 0.25) is 0 Å². The average molecular weight is 199 g/mol. The van der Waals surface area contributed by atoms with E-state index in [1.54, 1.807) is 0 Å². The Kier molecular flexibility index (Phi) is 5.81. The maximum Gasteiger partial charge on any atom is 0.0440 e. The van der Waals surface area contributed by atoms with E-state index in [0.717, 1.165) is 5.02 Å². The van der Waals surface area contributed by atoms with Gasteiger partial charge in [0.05, 0.1) is 0 Å². The summed E-state index contributed by atoms with van der Waals surface area (Å²) in [6.45, 7) is 10.4. The van der Waals surface area contributed by atoms with Crippen molar-refractivity contribution in [1.82, 2.24) is 0 Å². The first-order chi connectivity index (χ1) is 6.11. The number of aryl methyl sites for hydroxylation is 1. The van der Waals surface area contributed by atoms with E-state index in [2.05, 4.69) is 26.8 Å². The van der Waals surface area contributed by atoms with E-state index in [9.17, 15) is 0 Å². The molecule has 0 atom stereocenters. The van der Waals surface area contributed by atoms with Crippen molar-refractivity contribution in [3.8, 4) is 0 Å². The molecular weight excluding hydrogens is 180 g/mol. The Bertz CT molecular complexity index is 251. The molecule has 0 spiro atoms. The smallest absolute Gasteiger partial charge is 0.0440 e. The van der Waals surface area contributed by atoms with Gasteiger partial charge in [-0.3, -0.25) is 0 Å². The Morgan fingerprint density at radius 2 is 1.69 bits per heavy atom. The van der Waals surface area contributed by atoms with E-state index in [4.69, 9.17) is 11.6 Å². The molecule has 0 saturated heterocycles. The van der Waals surface area contributed by atoms with Crippen LogP contribution in [0.1, 0.15) is 44.7 Å². The van der Waals surface area contributed by atoms with Crippen molar-refractivity contribution in [2.45, 2.75) is 40.5 Å². The summed E-state index contributed by atoms with van der Waals surface area (Å²) in [4.78, 5) is 0. The molecule has 0 aromatic heterocycles. The Morgan fingerprint density at radius 1 is 1.15 bits per heavy atom. The summed E-state index contributed by atoms with van der Waals surface area (Å²) in [5, 5.41) is 0.880. The molecule has 0 fully saturated rings. The normalized spacial score (nSPS) is 9.46. The molecular formula is C12H19Cl. The molecule has 1 aromatic carbocycles. The molecule has 0 aliphatic rings. The lowest BCUT2D eigenvalue weighted by atomic mass is 10.0. The minimum absolute atomic E-state index is 0.516. The molecule has 0 nitrogen and oxygen atoms in total. The monoisotopic (exact) mass is 198 g/mol. The van der Waals surface area contributed by atoms with Gasteiger partial charge in [-0.2, -0.15) is 0 Å². The first-order valence-electron chi connectivity index (χ1n) is 4.87. The van der Waals surface area contributed by atoms with Gasteiger partial charge in [0.15, 0.2) is 0 Å². The largest absolute Gasteiger partial charge is 0.0840 e.